The van der Waals surface area contributed by atoms with E-state index in [0.29, 0.717) is 36.1 Å². The summed E-state index contributed by atoms with van der Waals surface area (Å²) in [4.78, 5) is 2.70. The molecule has 6 heteroatoms. The van der Waals surface area contributed by atoms with E-state index in [0.717, 1.165) is 33.5 Å². The molecule has 2 aromatic rings. The number of halogens is 1. The van der Waals surface area contributed by atoms with Crippen LogP contribution in [0.4, 0.5) is 5.69 Å². The molecule has 0 bridgehead atoms. The number of aryl methyl sites for hydroxylation is 3. The molecule has 1 fully saturated rings. The predicted octanol–water partition coefficient (Wildman–Crippen LogP) is 4.39. The van der Waals surface area contributed by atoms with Gasteiger partial charge < -0.3 is 4.90 Å². The number of hydrogen-bond acceptors (Lipinski definition) is 3. The Hall–Kier alpha value is -1.56. The van der Waals surface area contributed by atoms with Crippen LogP contribution in [0.15, 0.2) is 29.2 Å². The maximum atomic E-state index is 13.4. The van der Waals surface area contributed by atoms with Crippen molar-refractivity contribution in [3.63, 3.8) is 0 Å². The first-order valence-corrected chi connectivity index (χ1v) is 11.0. The van der Waals surface area contributed by atoms with Gasteiger partial charge in [0, 0.05) is 36.9 Å². The van der Waals surface area contributed by atoms with Gasteiger partial charge in [-0.1, -0.05) is 23.7 Å². The van der Waals surface area contributed by atoms with Crippen molar-refractivity contribution in [2.45, 2.75) is 39.5 Å². The minimum atomic E-state index is -3.51. The van der Waals surface area contributed by atoms with E-state index in [1.165, 1.54) is 0 Å². The summed E-state index contributed by atoms with van der Waals surface area (Å²) in [6, 6.07) is 7.90. The third-order valence-electron chi connectivity index (χ3n) is 5.65. The fraction of sp³-hybridized carbons (Fsp3) is 0.429. The Morgan fingerprint density at radius 1 is 0.815 bits per heavy atom. The van der Waals surface area contributed by atoms with Gasteiger partial charge in [0.2, 0.25) is 10.0 Å². The predicted molar refractivity (Wildman–Crippen MR) is 113 cm³/mol. The Bertz CT molecular complexity index is 952. The van der Waals surface area contributed by atoms with Crippen LogP contribution in [-0.4, -0.2) is 38.9 Å². The van der Waals surface area contributed by atoms with Crippen LogP contribution < -0.4 is 4.90 Å². The highest BCUT2D eigenvalue weighted by Gasteiger charge is 2.32. The molecule has 0 N–H and O–H groups in total. The molecule has 0 amide bonds. The van der Waals surface area contributed by atoms with Crippen molar-refractivity contribution >= 4 is 27.3 Å². The zero-order chi connectivity index (χ0) is 19.9. The first-order chi connectivity index (χ1) is 12.6. The molecular weight excluding hydrogens is 380 g/mol. The van der Waals surface area contributed by atoms with Crippen LogP contribution in [0.3, 0.4) is 0 Å². The summed E-state index contributed by atoms with van der Waals surface area (Å²) in [6.07, 6.45) is 0. The van der Waals surface area contributed by atoms with E-state index in [9.17, 15) is 8.42 Å². The quantitative estimate of drug-likeness (QED) is 0.758. The normalized spacial score (nSPS) is 16.0. The Morgan fingerprint density at radius 3 is 1.93 bits per heavy atom. The van der Waals surface area contributed by atoms with E-state index in [4.69, 9.17) is 11.6 Å². The first-order valence-electron chi connectivity index (χ1n) is 9.21. The smallest absolute Gasteiger partial charge is 0.243 e. The molecule has 1 saturated heterocycles. The minimum absolute atomic E-state index is 0.472. The van der Waals surface area contributed by atoms with Crippen molar-refractivity contribution < 1.29 is 8.42 Å². The molecule has 1 aliphatic rings. The molecule has 1 heterocycles. The van der Waals surface area contributed by atoms with Gasteiger partial charge in [0.15, 0.2) is 0 Å². The Morgan fingerprint density at radius 2 is 1.37 bits per heavy atom. The van der Waals surface area contributed by atoms with Crippen molar-refractivity contribution in [2.75, 3.05) is 31.1 Å². The largest absolute Gasteiger partial charge is 0.369 e. The zero-order valence-corrected chi connectivity index (χ0v) is 18.2. The third-order valence-corrected chi connectivity index (χ3v) is 8.05. The summed E-state index contributed by atoms with van der Waals surface area (Å²) in [5.74, 6) is 0. The lowest BCUT2D eigenvalue weighted by Crippen LogP contribution is -2.49. The van der Waals surface area contributed by atoms with Gasteiger partial charge in [-0.2, -0.15) is 4.31 Å². The summed E-state index contributed by atoms with van der Waals surface area (Å²) in [5, 5.41) is 0.701. The van der Waals surface area contributed by atoms with E-state index < -0.39 is 10.0 Å². The number of sulfonamides is 1. The number of benzene rings is 2. The van der Waals surface area contributed by atoms with Gasteiger partial charge in [-0.15, -0.1) is 0 Å². The molecule has 146 valence electrons. The molecule has 3 rings (SSSR count). The third kappa shape index (κ3) is 3.73. The molecule has 27 heavy (non-hydrogen) atoms. The summed E-state index contributed by atoms with van der Waals surface area (Å²) in [6.45, 7) is 12.1. The molecule has 4 nitrogen and oxygen atoms in total. The topological polar surface area (TPSA) is 40.6 Å². The SMILES string of the molecule is Cc1ccc(Cl)cc1N1CCN(S(=O)(=O)c2c(C)c(C)cc(C)c2C)CC1. The number of anilines is 1. The van der Waals surface area contributed by atoms with Gasteiger partial charge in [0.05, 0.1) is 4.90 Å². The van der Waals surface area contributed by atoms with Crippen molar-refractivity contribution in [1.82, 2.24) is 4.31 Å². The second kappa shape index (κ2) is 7.46. The highest BCUT2D eigenvalue weighted by Crippen LogP contribution is 2.31. The molecular formula is C21H27ClN2O2S. The molecule has 2 aromatic carbocycles. The first kappa shape index (κ1) is 20.2. The van der Waals surface area contributed by atoms with Crippen LogP contribution >= 0.6 is 11.6 Å². The molecule has 1 aliphatic heterocycles. The standard InChI is InChI=1S/C21H27ClN2O2S/c1-14-6-7-19(22)13-20(14)23-8-10-24(11-9-23)27(25,26)21-17(4)15(2)12-16(3)18(21)5/h6-7,12-13H,8-11H2,1-5H3. The number of nitrogens with zero attached hydrogens (tertiary/aromatic N) is 2. The van der Waals surface area contributed by atoms with Crippen LogP contribution in [0, 0.1) is 34.6 Å². The Labute approximate surface area is 167 Å². The fourth-order valence-corrected chi connectivity index (χ4v) is 5.95. The Kier molecular flexibility index (Phi) is 5.57. The van der Waals surface area contributed by atoms with E-state index >= 15 is 0 Å². The summed E-state index contributed by atoms with van der Waals surface area (Å²) >= 11 is 6.15. The molecule has 0 spiro atoms. The van der Waals surface area contributed by atoms with Gasteiger partial charge in [0.1, 0.15) is 0 Å². The summed E-state index contributed by atoms with van der Waals surface area (Å²) < 4.78 is 28.4. The highest BCUT2D eigenvalue weighted by atomic mass is 35.5. The molecule has 0 atom stereocenters. The molecule has 0 radical (unpaired) electrons. The number of piperazine rings is 1. The minimum Gasteiger partial charge on any atom is -0.369 e. The van der Waals surface area contributed by atoms with Gasteiger partial charge in [-0.3, -0.25) is 0 Å². The molecule has 0 aromatic heterocycles. The highest BCUT2D eigenvalue weighted by molar-refractivity contribution is 7.89. The number of hydrogen-bond donors (Lipinski definition) is 0. The number of rotatable bonds is 3. The van der Waals surface area contributed by atoms with Crippen LogP contribution in [0.1, 0.15) is 27.8 Å². The Balaban J connectivity index is 1.87. The van der Waals surface area contributed by atoms with Gasteiger partial charge >= 0.3 is 0 Å². The molecule has 0 aliphatic carbocycles. The second-order valence-electron chi connectivity index (χ2n) is 7.41. The van der Waals surface area contributed by atoms with E-state index in [1.54, 1.807) is 4.31 Å². The lowest BCUT2D eigenvalue weighted by atomic mass is 10.0. The lowest BCUT2D eigenvalue weighted by Gasteiger charge is -2.36. The maximum Gasteiger partial charge on any atom is 0.243 e. The van der Waals surface area contributed by atoms with Gasteiger partial charge in [0.25, 0.3) is 0 Å². The van der Waals surface area contributed by atoms with E-state index in [-0.39, 0.29) is 0 Å². The molecule has 0 saturated carbocycles. The van der Waals surface area contributed by atoms with Crippen LogP contribution in [0.2, 0.25) is 5.02 Å². The van der Waals surface area contributed by atoms with Gasteiger partial charge in [-0.25, -0.2) is 8.42 Å². The van der Waals surface area contributed by atoms with Crippen molar-refractivity contribution in [2.24, 2.45) is 0 Å². The van der Waals surface area contributed by atoms with Crippen LogP contribution in [0.5, 0.6) is 0 Å². The van der Waals surface area contributed by atoms with Gasteiger partial charge in [-0.05, 0) is 74.6 Å². The maximum absolute atomic E-state index is 13.4. The zero-order valence-electron chi connectivity index (χ0n) is 16.6. The monoisotopic (exact) mass is 406 g/mol. The molecule has 0 unspecified atom stereocenters. The van der Waals surface area contributed by atoms with E-state index in [2.05, 4.69) is 17.9 Å². The average molecular weight is 407 g/mol. The summed E-state index contributed by atoms with van der Waals surface area (Å²) in [7, 11) is -3.51. The van der Waals surface area contributed by atoms with Crippen molar-refractivity contribution in [3.8, 4) is 0 Å². The van der Waals surface area contributed by atoms with Crippen molar-refractivity contribution in [3.05, 3.63) is 57.1 Å². The van der Waals surface area contributed by atoms with Crippen LogP contribution in [-0.2, 0) is 10.0 Å². The fourth-order valence-electron chi connectivity index (χ4n) is 3.79. The summed E-state index contributed by atoms with van der Waals surface area (Å²) in [5.41, 5.74) is 5.97. The lowest BCUT2D eigenvalue weighted by molar-refractivity contribution is 0.384. The average Bonchev–Trinajstić information content (AvgIpc) is 2.62. The van der Waals surface area contributed by atoms with Crippen molar-refractivity contribution in [1.29, 1.82) is 0 Å². The second-order valence-corrected chi connectivity index (χ2v) is 9.72. The van der Waals surface area contributed by atoms with E-state index in [1.807, 2.05) is 45.9 Å². The van der Waals surface area contributed by atoms with Crippen LogP contribution in [0.25, 0.3) is 0 Å².